The Morgan fingerprint density at radius 3 is 2.77 bits per heavy atom. The van der Waals surface area contributed by atoms with Crippen molar-refractivity contribution in [3.05, 3.63) is 58.6 Å². The van der Waals surface area contributed by atoms with Crippen molar-refractivity contribution < 1.29 is 18.3 Å². The normalized spacial score (nSPS) is 16.6. The van der Waals surface area contributed by atoms with Gasteiger partial charge in [-0.2, -0.15) is 0 Å². The van der Waals surface area contributed by atoms with Crippen LogP contribution in [0, 0.1) is 17.6 Å². The highest BCUT2D eigenvalue weighted by Crippen LogP contribution is 2.30. The number of nitrogens with one attached hydrogen (secondary N) is 1. The molecule has 0 saturated carbocycles. The Kier molecular flexibility index (Phi) is 3.98. The molecule has 0 aliphatic carbocycles. The van der Waals surface area contributed by atoms with Gasteiger partial charge in [0.2, 0.25) is 5.91 Å². The molecule has 1 aliphatic rings. The summed E-state index contributed by atoms with van der Waals surface area (Å²) >= 11 is 5.93. The Morgan fingerprint density at radius 2 is 2.00 bits per heavy atom. The zero-order valence-electron chi connectivity index (χ0n) is 11.4. The van der Waals surface area contributed by atoms with Crippen molar-refractivity contribution in [1.82, 2.24) is 0 Å². The average Bonchev–Trinajstić information content (AvgIpc) is 2.50. The first-order valence-electron chi connectivity index (χ1n) is 6.70. The summed E-state index contributed by atoms with van der Waals surface area (Å²) in [5.74, 6) is -1.98. The largest absolute Gasteiger partial charge is 0.492 e. The van der Waals surface area contributed by atoms with Crippen LogP contribution in [0.1, 0.15) is 5.56 Å². The number of halogens is 3. The van der Waals surface area contributed by atoms with E-state index in [0.717, 1.165) is 17.7 Å². The maximum atomic E-state index is 13.1. The summed E-state index contributed by atoms with van der Waals surface area (Å²) in [6.07, 6.45) is 0.478. The lowest BCUT2D eigenvalue weighted by Crippen LogP contribution is -2.32. The van der Waals surface area contributed by atoms with Gasteiger partial charge in [0.15, 0.2) is 11.6 Å². The number of fused-ring (bicyclic) bond motifs is 1. The molecule has 2 aromatic rings. The molecule has 0 spiro atoms. The zero-order valence-corrected chi connectivity index (χ0v) is 12.2. The van der Waals surface area contributed by atoms with Gasteiger partial charge in [-0.1, -0.05) is 11.6 Å². The highest BCUT2D eigenvalue weighted by Gasteiger charge is 2.26. The lowest BCUT2D eigenvalue weighted by molar-refractivity contribution is -0.121. The van der Waals surface area contributed by atoms with E-state index in [9.17, 15) is 13.6 Å². The number of hydrogen-bond acceptors (Lipinski definition) is 2. The second-order valence-corrected chi connectivity index (χ2v) is 5.52. The van der Waals surface area contributed by atoms with Gasteiger partial charge < -0.3 is 10.1 Å². The number of hydrogen-bond donors (Lipinski definition) is 1. The van der Waals surface area contributed by atoms with Crippen LogP contribution in [0.15, 0.2) is 36.4 Å². The van der Waals surface area contributed by atoms with Crippen LogP contribution in [0.25, 0.3) is 0 Å². The van der Waals surface area contributed by atoms with Gasteiger partial charge in [0.05, 0.1) is 5.92 Å². The zero-order chi connectivity index (χ0) is 15.7. The number of ether oxygens (including phenoxy) is 1. The summed E-state index contributed by atoms with van der Waals surface area (Å²) in [5, 5.41) is 3.14. The van der Waals surface area contributed by atoms with Crippen LogP contribution in [0.3, 0.4) is 0 Å². The van der Waals surface area contributed by atoms with Crippen molar-refractivity contribution in [1.29, 1.82) is 0 Å². The molecule has 1 heterocycles. The molecule has 1 N–H and O–H groups in total. The Labute approximate surface area is 130 Å². The standard InChI is InChI=1S/C16H12ClF2NO2/c17-11-1-4-15-9(6-11)5-10(8-22-15)16(21)20-12-2-3-13(18)14(19)7-12/h1-4,6-7,10H,5,8H2,(H,20,21). The van der Waals surface area contributed by atoms with Crippen molar-refractivity contribution in [3.63, 3.8) is 0 Å². The van der Waals surface area contributed by atoms with E-state index in [1.807, 2.05) is 0 Å². The first kappa shape index (κ1) is 14.8. The minimum Gasteiger partial charge on any atom is -0.492 e. The molecule has 1 unspecified atom stereocenters. The van der Waals surface area contributed by atoms with E-state index < -0.39 is 17.6 Å². The van der Waals surface area contributed by atoms with E-state index in [2.05, 4.69) is 5.32 Å². The van der Waals surface area contributed by atoms with Gasteiger partial charge >= 0.3 is 0 Å². The number of rotatable bonds is 2. The number of carbonyl (C=O) groups is 1. The van der Waals surface area contributed by atoms with E-state index in [1.54, 1.807) is 18.2 Å². The summed E-state index contributed by atoms with van der Waals surface area (Å²) in [4.78, 5) is 12.2. The van der Waals surface area contributed by atoms with Gasteiger partial charge in [-0.25, -0.2) is 8.78 Å². The molecule has 22 heavy (non-hydrogen) atoms. The second kappa shape index (κ2) is 5.93. The molecule has 1 atom stereocenters. The predicted octanol–water partition coefficient (Wildman–Crippen LogP) is 3.81. The molecule has 114 valence electrons. The van der Waals surface area contributed by atoms with Crippen LogP contribution in [0.2, 0.25) is 5.02 Å². The van der Waals surface area contributed by atoms with Gasteiger partial charge in [-0.05, 0) is 42.3 Å². The number of benzene rings is 2. The third-order valence-electron chi connectivity index (χ3n) is 3.49. The third kappa shape index (κ3) is 3.04. The van der Waals surface area contributed by atoms with Gasteiger partial charge in [-0.3, -0.25) is 4.79 Å². The molecule has 0 saturated heterocycles. The minimum absolute atomic E-state index is 0.209. The molecule has 0 fully saturated rings. The van der Waals surface area contributed by atoms with E-state index in [0.29, 0.717) is 17.2 Å². The highest BCUT2D eigenvalue weighted by atomic mass is 35.5. The number of amides is 1. The smallest absolute Gasteiger partial charge is 0.231 e. The molecule has 0 bridgehead atoms. The van der Waals surface area contributed by atoms with E-state index in [4.69, 9.17) is 16.3 Å². The highest BCUT2D eigenvalue weighted by molar-refractivity contribution is 6.30. The lowest BCUT2D eigenvalue weighted by Gasteiger charge is -2.24. The molecule has 0 aromatic heterocycles. The summed E-state index contributed by atoms with van der Waals surface area (Å²) in [6, 6.07) is 8.47. The Bertz CT molecular complexity index is 736. The average molecular weight is 324 g/mol. The molecule has 1 aliphatic heterocycles. The Hall–Kier alpha value is -2.14. The fourth-order valence-corrected chi connectivity index (χ4v) is 2.54. The summed E-state index contributed by atoms with van der Waals surface area (Å²) in [6.45, 7) is 0.226. The Balaban J connectivity index is 1.72. The van der Waals surface area contributed by atoms with Crippen LogP contribution in [-0.4, -0.2) is 12.5 Å². The van der Waals surface area contributed by atoms with E-state index in [-0.39, 0.29) is 18.2 Å². The fourth-order valence-electron chi connectivity index (χ4n) is 2.35. The Morgan fingerprint density at radius 1 is 1.18 bits per heavy atom. The monoisotopic (exact) mass is 323 g/mol. The maximum absolute atomic E-state index is 13.1. The molecule has 3 nitrogen and oxygen atoms in total. The maximum Gasteiger partial charge on any atom is 0.231 e. The predicted molar refractivity (Wildman–Crippen MR) is 79.1 cm³/mol. The number of anilines is 1. The van der Waals surface area contributed by atoms with Crippen LogP contribution in [0.5, 0.6) is 5.75 Å². The van der Waals surface area contributed by atoms with Gasteiger partial charge in [0.25, 0.3) is 0 Å². The third-order valence-corrected chi connectivity index (χ3v) is 3.72. The first-order valence-corrected chi connectivity index (χ1v) is 7.08. The van der Waals surface area contributed by atoms with Gasteiger partial charge in [-0.15, -0.1) is 0 Å². The molecule has 0 radical (unpaired) electrons. The van der Waals surface area contributed by atoms with Crippen molar-refractivity contribution in [2.45, 2.75) is 6.42 Å². The van der Waals surface area contributed by atoms with Gasteiger partial charge in [0.1, 0.15) is 12.4 Å². The first-order chi connectivity index (χ1) is 10.5. The summed E-state index contributed by atoms with van der Waals surface area (Å²) in [5.41, 5.74) is 1.06. The second-order valence-electron chi connectivity index (χ2n) is 5.08. The number of carbonyl (C=O) groups excluding carboxylic acids is 1. The lowest BCUT2D eigenvalue weighted by atomic mass is 9.96. The topological polar surface area (TPSA) is 38.3 Å². The molecule has 1 amide bonds. The van der Waals surface area contributed by atoms with Crippen LogP contribution >= 0.6 is 11.6 Å². The van der Waals surface area contributed by atoms with Crippen LogP contribution < -0.4 is 10.1 Å². The van der Waals surface area contributed by atoms with E-state index >= 15 is 0 Å². The van der Waals surface area contributed by atoms with Crippen molar-refractivity contribution in [2.24, 2.45) is 5.92 Å². The minimum atomic E-state index is -1.00. The van der Waals surface area contributed by atoms with E-state index in [1.165, 1.54) is 6.07 Å². The van der Waals surface area contributed by atoms with Crippen molar-refractivity contribution in [3.8, 4) is 5.75 Å². The molecular weight excluding hydrogens is 312 g/mol. The summed E-state index contributed by atoms with van der Waals surface area (Å²) in [7, 11) is 0. The van der Waals surface area contributed by atoms with Gasteiger partial charge in [0, 0.05) is 16.8 Å². The molecule has 2 aromatic carbocycles. The van der Waals surface area contributed by atoms with Crippen LogP contribution in [-0.2, 0) is 11.2 Å². The molecule has 3 rings (SSSR count). The summed E-state index contributed by atoms with van der Waals surface area (Å²) < 4.78 is 31.6. The van der Waals surface area contributed by atoms with Crippen molar-refractivity contribution in [2.75, 3.05) is 11.9 Å². The fraction of sp³-hybridized carbons (Fsp3) is 0.188. The van der Waals surface area contributed by atoms with Crippen LogP contribution in [0.4, 0.5) is 14.5 Å². The molecular formula is C16H12ClF2NO2. The quantitative estimate of drug-likeness (QED) is 0.912. The van der Waals surface area contributed by atoms with Crippen molar-refractivity contribution >= 4 is 23.2 Å². The SMILES string of the molecule is O=C(Nc1ccc(F)c(F)c1)C1COc2ccc(Cl)cc2C1. The molecule has 6 heteroatoms.